The molecule has 5 nitrogen and oxygen atoms in total. The van der Waals surface area contributed by atoms with Crippen LogP contribution in [0.25, 0.3) is 0 Å². The van der Waals surface area contributed by atoms with Gasteiger partial charge in [0.25, 0.3) is 0 Å². The van der Waals surface area contributed by atoms with Crippen molar-refractivity contribution in [3.8, 4) is 0 Å². The van der Waals surface area contributed by atoms with E-state index in [1.54, 1.807) is 4.90 Å². The number of amides is 1. The number of hydrogen-bond acceptors (Lipinski definition) is 4. The first-order valence-electron chi connectivity index (χ1n) is 8.35. The summed E-state index contributed by atoms with van der Waals surface area (Å²) in [4.78, 5) is 14.0. The summed E-state index contributed by atoms with van der Waals surface area (Å²) in [5.74, 6) is 0. The predicted octanol–water partition coefficient (Wildman–Crippen LogP) is 3.18. The second kappa shape index (κ2) is 6.40. The molecule has 1 aromatic carbocycles. The second-order valence-corrected chi connectivity index (χ2v) is 7.34. The molecule has 0 radical (unpaired) electrons. The maximum Gasteiger partial charge on any atom is 0.410 e. The van der Waals surface area contributed by atoms with E-state index in [0.717, 1.165) is 31.7 Å². The van der Waals surface area contributed by atoms with Gasteiger partial charge in [-0.15, -0.1) is 0 Å². The first-order chi connectivity index (χ1) is 10.9. The Bertz CT molecular complexity index is 574. The molecule has 126 valence electrons. The van der Waals surface area contributed by atoms with Crippen LogP contribution < -0.4 is 5.32 Å². The van der Waals surface area contributed by atoms with Gasteiger partial charge in [0, 0.05) is 25.4 Å². The van der Waals surface area contributed by atoms with Crippen LogP contribution in [-0.2, 0) is 22.4 Å². The van der Waals surface area contributed by atoms with Crippen LogP contribution in [0.2, 0.25) is 0 Å². The highest BCUT2D eigenvalue weighted by atomic mass is 16.6. The maximum atomic E-state index is 12.3. The summed E-state index contributed by atoms with van der Waals surface area (Å²) in [7, 11) is 0. The monoisotopic (exact) mass is 318 g/mol. The molecule has 0 bridgehead atoms. The molecule has 5 heteroatoms. The van der Waals surface area contributed by atoms with Gasteiger partial charge in [0.15, 0.2) is 0 Å². The highest BCUT2D eigenvalue weighted by Gasteiger charge is 2.26. The number of carbonyl (C=O) groups excluding carboxylic acids is 1. The number of rotatable bonds is 2. The van der Waals surface area contributed by atoms with Crippen LogP contribution in [0.15, 0.2) is 18.2 Å². The smallest absolute Gasteiger partial charge is 0.410 e. The van der Waals surface area contributed by atoms with Crippen molar-refractivity contribution in [2.24, 2.45) is 0 Å². The molecule has 0 aromatic heterocycles. The van der Waals surface area contributed by atoms with E-state index in [1.807, 2.05) is 20.8 Å². The molecule has 1 aromatic rings. The van der Waals surface area contributed by atoms with Gasteiger partial charge in [-0.05, 0) is 56.9 Å². The lowest BCUT2D eigenvalue weighted by Gasteiger charge is -2.31. The summed E-state index contributed by atoms with van der Waals surface area (Å²) < 4.78 is 10.9. The fraction of sp³-hybridized carbons (Fsp3) is 0.611. The van der Waals surface area contributed by atoms with E-state index in [2.05, 4.69) is 23.5 Å². The van der Waals surface area contributed by atoms with Crippen molar-refractivity contribution >= 4 is 11.8 Å². The van der Waals surface area contributed by atoms with Gasteiger partial charge in [-0.2, -0.15) is 0 Å². The van der Waals surface area contributed by atoms with E-state index in [9.17, 15) is 4.79 Å². The molecule has 23 heavy (non-hydrogen) atoms. The van der Waals surface area contributed by atoms with Gasteiger partial charge in [-0.25, -0.2) is 4.79 Å². The van der Waals surface area contributed by atoms with Gasteiger partial charge in [0.1, 0.15) is 5.60 Å². The molecule has 1 amide bonds. The van der Waals surface area contributed by atoms with Crippen molar-refractivity contribution in [3.05, 3.63) is 29.3 Å². The fourth-order valence-electron chi connectivity index (χ4n) is 3.01. The molecular formula is C18H26N2O3. The quantitative estimate of drug-likeness (QED) is 0.910. The Morgan fingerprint density at radius 1 is 1.35 bits per heavy atom. The lowest BCUT2D eigenvalue weighted by atomic mass is 9.99. The largest absolute Gasteiger partial charge is 0.444 e. The molecule has 0 spiro atoms. The van der Waals surface area contributed by atoms with Gasteiger partial charge in [0.2, 0.25) is 0 Å². The van der Waals surface area contributed by atoms with E-state index in [0.29, 0.717) is 19.1 Å². The summed E-state index contributed by atoms with van der Waals surface area (Å²) in [6.07, 6.45) is 1.69. The minimum absolute atomic E-state index is 0.231. The number of hydrogen-bond donors (Lipinski definition) is 1. The van der Waals surface area contributed by atoms with Crippen molar-refractivity contribution in [1.82, 2.24) is 4.90 Å². The standard InChI is InChI=1S/C18H26N2O3/c1-18(2,3)23-17(21)20-8-6-13-4-5-15(10-14(13)11-20)19-16-7-9-22-12-16/h4-5,10,16,19H,6-9,11-12H2,1-3H3. The number of nitrogens with zero attached hydrogens (tertiary/aromatic N) is 1. The average Bonchev–Trinajstić information content (AvgIpc) is 2.97. The molecule has 1 N–H and O–H groups in total. The first kappa shape index (κ1) is 16.1. The van der Waals surface area contributed by atoms with E-state index in [-0.39, 0.29) is 6.09 Å². The molecule has 2 aliphatic rings. The highest BCUT2D eigenvalue weighted by molar-refractivity contribution is 5.69. The molecular weight excluding hydrogens is 292 g/mol. The number of carbonyl (C=O) groups is 1. The average molecular weight is 318 g/mol. The number of nitrogens with one attached hydrogen (secondary N) is 1. The number of fused-ring (bicyclic) bond motifs is 1. The fourth-order valence-corrected chi connectivity index (χ4v) is 3.01. The van der Waals surface area contributed by atoms with Crippen LogP contribution in [0.4, 0.5) is 10.5 Å². The molecule has 2 heterocycles. The van der Waals surface area contributed by atoms with Crippen molar-refractivity contribution in [3.63, 3.8) is 0 Å². The van der Waals surface area contributed by atoms with Crippen molar-refractivity contribution in [2.45, 2.75) is 51.8 Å². The Hall–Kier alpha value is -1.75. The minimum atomic E-state index is -0.455. The third-order valence-corrected chi connectivity index (χ3v) is 4.17. The SMILES string of the molecule is CC(C)(C)OC(=O)N1CCc2ccc(NC3CCOC3)cc2C1. The maximum absolute atomic E-state index is 12.3. The molecule has 1 saturated heterocycles. The molecule has 2 aliphatic heterocycles. The summed E-state index contributed by atoms with van der Waals surface area (Å²) in [5, 5.41) is 3.51. The minimum Gasteiger partial charge on any atom is -0.444 e. The second-order valence-electron chi connectivity index (χ2n) is 7.34. The summed E-state index contributed by atoms with van der Waals surface area (Å²) in [6.45, 7) is 8.61. The van der Waals surface area contributed by atoms with E-state index < -0.39 is 5.60 Å². The Labute approximate surface area is 137 Å². The Morgan fingerprint density at radius 2 is 2.17 bits per heavy atom. The van der Waals surface area contributed by atoms with Crippen molar-refractivity contribution in [2.75, 3.05) is 25.1 Å². The van der Waals surface area contributed by atoms with Crippen LogP contribution in [0.1, 0.15) is 38.3 Å². The number of ether oxygens (including phenoxy) is 2. The molecule has 1 unspecified atom stereocenters. The van der Waals surface area contributed by atoms with Crippen LogP contribution in [-0.4, -0.2) is 42.4 Å². The zero-order valence-corrected chi connectivity index (χ0v) is 14.2. The summed E-state index contributed by atoms with van der Waals surface area (Å²) in [5.41, 5.74) is 3.16. The predicted molar refractivity (Wildman–Crippen MR) is 89.6 cm³/mol. The molecule has 1 atom stereocenters. The molecule has 1 fully saturated rings. The zero-order valence-electron chi connectivity index (χ0n) is 14.2. The molecule has 3 rings (SSSR count). The summed E-state index contributed by atoms with van der Waals surface area (Å²) >= 11 is 0. The lowest BCUT2D eigenvalue weighted by Crippen LogP contribution is -2.39. The summed E-state index contributed by atoms with van der Waals surface area (Å²) in [6, 6.07) is 6.84. The van der Waals surface area contributed by atoms with Crippen molar-refractivity contribution in [1.29, 1.82) is 0 Å². The van der Waals surface area contributed by atoms with Gasteiger partial charge in [-0.3, -0.25) is 0 Å². The molecule has 0 aliphatic carbocycles. The Morgan fingerprint density at radius 3 is 2.87 bits per heavy atom. The van der Waals surface area contributed by atoms with Crippen LogP contribution >= 0.6 is 0 Å². The Balaban J connectivity index is 1.67. The van der Waals surface area contributed by atoms with Crippen LogP contribution in [0, 0.1) is 0 Å². The van der Waals surface area contributed by atoms with E-state index >= 15 is 0 Å². The van der Waals surface area contributed by atoms with Crippen LogP contribution in [0.5, 0.6) is 0 Å². The zero-order chi connectivity index (χ0) is 16.4. The van der Waals surface area contributed by atoms with Gasteiger partial charge < -0.3 is 19.7 Å². The van der Waals surface area contributed by atoms with Crippen LogP contribution in [0.3, 0.4) is 0 Å². The third kappa shape index (κ3) is 4.16. The normalized spacial score (nSPS) is 21.0. The van der Waals surface area contributed by atoms with Gasteiger partial charge in [-0.1, -0.05) is 6.07 Å². The lowest BCUT2D eigenvalue weighted by molar-refractivity contribution is 0.0224. The topological polar surface area (TPSA) is 50.8 Å². The van der Waals surface area contributed by atoms with E-state index in [4.69, 9.17) is 9.47 Å². The van der Waals surface area contributed by atoms with Crippen molar-refractivity contribution < 1.29 is 14.3 Å². The van der Waals surface area contributed by atoms with Gasteiger partial charge in [0.05, 0.1) is 12.6 Å². The highest BCUT2D eigenvalue weighted by Crippen LogP contribution is 2.25. The number of anilines is 1. The van der Waals surface area contributed by atoms with E-state index in [1.165, 1.54) is 11.1 Å². The molecule has 0 saturated carbocycles. The Kier molecular flexibility index (Phi) is 4.48. The number of benzene rings is 1. The first-order valence-corrected chi connectivity index (χ1v) is 8.35. The van der Waals surface area contributed by atoms with Gasteiger partial charge >= 0.3 is 6.09 Å². The third-order valence-electron chi connectivity index (χ3n) is 4.17.